The van der Waals surface area contributed by atoms with Gasteiger partial charge in [0.15, 0.2) is 0 Å². The Labute approximate surface area is 179 Å². The summed E-state index contributed by atoms with van der Waals surface area (Å²) in [6.07, 6.45) is 5.58. The summed E-state index contributed by atoms with van der Waals surface area (Å²) < 4.78 is 0. The monoisotopic (exact) mass is 392 g/mol. The van der Waals surface area contributed by atoms with Crippen LogP contribution in [0.15, 0.2) is 59.4 Å². The van der Waals surface area contributed by atoms with E-state index < -0.39 is 0 Å². The van der Waals surface area contributed by atoms with Gasteiger partial charge in [-0.05, 0) is 73.8 Å². The van der Waals surface area contributed by atoms with Crippen molar-refractivity contribution in [3.8, 4) is 0 Å². The van der Waals surface area contributed by atoms with Crippen molar-refractivity contribution in [1.82, 2.24) is 4.90 Å². The lowest BCUT2D eigenvalue weighted by atomic mass is 9.84. The van der Waals surface area contributed by atoms with Crippen molar-refractivity contribution in [1.29, 1.82) is 0 Å². The fraction of sp³-hybridized carbons (Fsp3) is 0.481. The molecule has 0 aliphatic heterocycles. The Balaban J connectivity index is 3.20. The number of rotatable bonds is 9. The third kappa shape index (κ3) is 7.22. The molecule has 0 atom stereocenters. The summed E-state index contributed by atoms with van der Waals surface area (Å²) in [5.41, 5.74) is 9.90. The van der Waals surface area contributed by atoms with Crippen LogP contribution in [0.3, 0.4) is 0 Å². The number of allylic oxidation sites excluding steroid dienone is 3. The molecule has 0 saturated heterocycles. The first-order valence-electron chi connectivity index (χ1n) is 10.6. The SMILES string of the molecule is C=C=C(C)C(=C)/C(=C\N=C(C)N(C)CCC(C)(C)CCC)c1cccc(C)c1C. The van der Waals surface area contributed by atoms with Crippen LogP contribution in [-0.4, -0.2) is 24.3 Å². The predicted molar refractivity (Wildman–Crippen MR) is 130 cm³/mol. The van der Waals surface area contributed by atoms with E-state index in [1.807, 2.05) is 13.1 Å². The molecule has 0 amide bonds. The predicted octanol–water partition coefficient (Wildman–Crippen LogP) is 7.50. The maximum atomic E-state index is 4.81. The number of aliphatic imine (C=N–C) groups is 1. The first-order chi connectivity index (χ1) is 13.5. The van der Waals surface area contributed by atoms with Gasteiger partial charge in [0, 0.05) is 25.4 Å². The van der Waals surface area contributed by atoms with Crippen molar-refractivity contribution in [2.45, 2.75) is 67.7 Å². The van der Waals surface area contributed by atoms with Gasteiger partial charge in [-0.25, -0.2) is 4.99 Å². The second kappa shape index (κ2) is 11.0. The summed E-state index contributed by atoms with van der Waals surface area (Å²) in [5.74, 6) is 1.01. The van der Waals surface area contributed by atoms with E-state index in [9.17, 15) is 0 Å². The number of aryl methyl sites for hydroxylation is 1. The summed E-state index contributed by atoms with van der Waals surface area (Å²) >= 11 is 0. The lowest BCUT2D eigenvalue weighted by Gasteiger charge is -2.28. The highest BCUT2D eigenvalue weighted by Crippen LogP contribution is 2.30. The average Bonchev–Trinajstić information content (AvgIpc) is 2.68. The third-order valence-corrected chi connectivity index (χ3v) is 5.92. The van der Waals surface area contributed by atoms with Crippen molar-refractivity contribution in [2.75, 3.05) is 13.6 Å². The van der Waals surface area contributed by atoms with Gasteiger partial charge in [-0.3, -0.25) is 0 Å². The van der Waals surface area contributed by atoms with Crippen molar-refractivity contribution in [3.63, 3.8) is 0 Å². The molecule has 2 nitrogen and oxygen atoms in total. The maximum Gasteiger partial charge on any atom is 0.101 e. The molecule has 1 rings (SSSR count). The van der Waals surface area contributed by atoms with Crippen molar-refractivity contribution in [2.24, 2.45) is 10.4 Å². The molecule has 158 valence electrons. The molecule has 0 saturated carbocycles. The van der Waals surface area contributed by atoms with Gasteiger partial charge < -0.3 is 4.90 Å². The highest BCUT2D eigenvalue weighted by Gasteiger charge is 2.17. The van der Waals surface area contributed by atoms with Gasteiger partial charge in [0.25, 0.3) is 0 Å². The molecule has 0 unspecified atom stereocenters. The van der Waals surface area contributed by atoms with Crippen LogP contribution in [0.25, 0.3) is 5.57 Å². The quantitative estimate of drug-likeness (QED) is 0.184. The zero-order chi connectivity index (χ0) is 22.2. The zero-order valence-corrected chi connectivity index (χ0v) is 19.9. The van der Waals surface area contributed by atoms with E-state index in [1.54, 1.807) is 0 Å². The van der Waals surface area contributed by atoms with Crippen LogP contribution in [0.1, 0.15) is 70.6 Å². The van der Waals surface area contributed by atoms with E-state index >= 15 is 0 Å². The number of hydrogen-bond donors (Lipinski definition) is 0. The Morgan fingerprint density at radius 1 is 1.21 bits per heavy atom. The highest BCUT2D eigenvalue weighted by molar-refractivity contribution is 5.87. The topological polar surface area (TPSA) is 15.6 Å². The normalized spacial score (nSPS) is 12.6. The van der Waals surface area contributed by atoms with E-state index in [-0.39, 0.29) is 0 Å². The Hall–Kier alpha value is -2.31. The summed E-state index contributed by atoms with van der Waals surface area (Å²) in [5, 5.41) is 0. The summed E-state index contributed by atoms with van der Waals surface area (Å²) in [6.45, 7) is 24.4. The molecule has 0 heterocycles. The molecular formula is C27H40N2. The van der Waals surface area contributed by atoms with E-state index in [0.29, 0.717) is 5.41 Å². The van der Waals surface area contributed by atoms with Gasteiger partial charge in [-0.1, -0.05) is 58.5 Å². The number of amidine groups is 1. The molecule has 1 aromatic carbocycles. The second-order valence-corrected chi connectivity index (χ2v) is 8.83. The summed E-state index contributed by atoms with van der Waals surface area (Å²) in [6, 6.07) is 6.36. The first-order valence-corrected chi connectivity index (χ1v) is 10.6. The van der Waals surface area contributed by atoms with E-state index in [2.05, 4.69) is 90.6 Å². The van der Waals surface area contributed by atoms with Gasteiger partial charge in [0.1, 0.15) is 5.84 Å². The highest BCUT2D eigenvalue weighted by atomic mass is 15.1. The Morgan fingerprint density at radius 3 is 2.45 bits per heavy atom. The lowest BCUT2D eigenvalue weighted by Crippen LogP contribution is -2.28. The van der Waals surface area contributed by atoms with Crippen LogP contribution in [0.4, 0.5) is 0 Å². The van der Waals surface area contributed by atoms with E-state index in [0.717, 1.165) is 41.1 Å². The molecule has 0 aliphatic rings. The number of benzene rings is 1. The molecule has 0 aromatic heterocycles. The fourth-order valence-corrected chi connectivity index (χ4v) is 3.35. The molecule has 0 N–H and O–H groups in total. The van der Waals surface area contributed by atoms with Crippen LogP contribution in [-0.2, 0) is 0 Å². The van der Waals surface area contributed by atoms with Crippen LogP contribution in [0.5, 0.6) is 0 Å². The van der Waals surface area contributed by atoms with Crippen LogP contribution in [0.2, 0.25) is 0 Å². The molecule has 1 aromatic rings. The summed E-state index contributed by atoms with van der Waals surface area (Å²) in [7, 11) is 2.12. The molecule has 0 radical (unpaired) electrons. The lowest BCUT2D eigenvalue weighted by molar-refractivity contribution is 0.275. The van der Waals surface area contributed by atoms with Gasteiger partial charge in [-0.2, -0.15) is 0 Å². The molecule has 0 spiro atoms. The smallest absolute Gasteiger partial charge is 0.101 e. The van der Waals surface area contributed by atoms with Crippen LogP contribution < -0.4 is 0 Å². The van der Waals surface area contributed by atoms with E-state index in [1.165, 1.54) is 24.0 Å². The Kier molecular flexibility index (Phi) is 9.40. The Bertz CT molecular complexity index is 830. The van der Waals surface area contributed by atoms with Crippen LogP contribution >= 0.6 is 0 Å². The molecule has 0 fully saturated rings. The van der Waals surface area contributed by atoms with Crippen LogP contribution in [0, 0.1) is 19.3 Å². The minimum atomic E-state index is 0.364. The Morgan fingerprint density at radius 2 is 1.86 bits per heavy atom. The third-order valence-electron chi connectivity index (χ3n) is 5.92. The first kappa shape index (κ1) is 24.7. The molecule has 2 heteroatoms. The van der Waals surface area contributed by atoms with Crippen molar-refractivity contribution < 1.29 is 0 Å². The number of nitrogens with zero attached hydrogens (tertiary/aromatic N) is 2. The molecule has 0 bridgehead atoms. The minimum absolute atomic E-state index is 0.364. The van der Waals surface area contributed by atoms with Gasteiger partial charge in [0.2, 0.25) is 0 Å². The second-order valence-electron chi connectivity index (χ2n) is 8.83. The molecular weight excluding hydrogens is 352 g/mol. The van der Waals surface area contributed by atoms with Gasteiger partial charge in [0.05, 0.1) is 0 Å². The van der Waals surface area contributed by atoms with Crippen molar-refractivity contribution in [3.05, 3.63) is 71.1 Å². The largest absolute Gasteiger partial charge is 0.363 e. The molecule has 29 heavy (non-hydrogen) atoms. The minimum Gasteiger partial charge on any atom is -0.363 e. The van der Waals surface area contributed by atoms with E-state index in [4.69, 9.17) is 4.99 Å². The van der Waals surface area contributed by atoms with Crippen molar-refractivity contribution >= 4 is 11.4 Å². The standard InChI is InChI=1S/C27H40N2/c1-11-16-27(8,9)17-18-29(10)24(7)28-19-26(22(5)20(3)12-2)25-15-13-14-21(4)23(25)6/h13-15,19H,2,5,11,16-18H2,1,3-4,6-10H3/b26-19+,28-24?. The van der Waals surface area contributed by atoms with Gasteiger partial charge in [-0.15, -0.1) is 5.73 Å². The maximum absolute atomic E-state index is 4.81. The fourth-order valence-electron chi connectivity index (χ4n) is 3.35. The summed E-state index contributed by atoms with van der Waals surface area (Å²) in [4.78, 5) is 7.06. The average molecular weight is 393 g/mol. The zero-order valence-electron chi connectivity index (χ0n) is 19.9. The van der Waals surface area contributed by atoms with Gasteiger partial charge >= 0.3 is 0 Å². The number of hydrogen-bond acceptors (Lipinski definition) is 1. The molecule has 0 aliphatic carbocycles.